The van der Waals surface area contributed by atoms with Crippen LogP contribution in [0.3, 0.4) is 0 Å². The normalized spacial score (nSPS) is 21.7. The van der Waals surface area contributed by atoms with Gasteiger partial charge in [-0.2, -0.15) is 0 Å². The number of rotatable bonds is 5. The molecule has 2 aromatic carbocycles. The van der Waals surface area contributed by atoms with Gasteiger partial charge < -0.3 is 14.2 Å². The minimum Gasteiger partial charge on any atom is -0.458 e. The van der Waals surface area contributed by atoms with Crippen LogP contribution in [0.4, 0.5) is 0 Å². The molecule has 0 saturated carbocycles. The van der Waals surface area contributed by atoms with Crippen molar-refractivity contribution in [3.8, 4) is 0 Å². The van der Waals surface area contributed by atoms with Crippen molar-refractivity contribution in [2.45, 2.75) is 19.1 Å². The van der Waals surface area contributed by atoms with Gasteiger partial charge in [0.15, 0.2) is 12.2 Å². The van der Waals surface area contributed by atoms with Gasteiger partial charge in [0.2, 0.25) is 0 Å². The molecule has 3 unspecified atom stereocenters. The predicted octanol–water partition coefficient (Wildman–Crippen LogP) is 2.63. The summed E-state index contributed by atoms with van der Waals surface area (Å²) in [7, 11) is 0. The van der Waals surface area contributed by atoms with Gasteiger partial charge in [-0.05, 0) is 31.2 Å². The molecule has 0 aliphatic carbocycles. The van der Waals surface area contributed by atoms with Crippen molar-refractivity contribution < 1.29 is 28.6 Å². The predicted molar refractivity (Wildman–Crippen MR) is 91.4 cm³/mol. The smallest absolute Gasteiger partial charge is 0.338 e. The first kappa shape index (κ1) is 17.7. The second kappa shape index (κ2) is 7.82. The van der Waals surface area contributed by atoms with Crippen molar-refractivity contribution in [3.63, 3.8) is 0 Å². The maximum absolute atomic E-state index is 12.3. The number of hydrogen-bond acceptors (Lipinski definition) is 6. The van der Waals surface area contributed by atoms with Gasteiger partial charge in [0, 0.05) is 0 Å². The van der Waals surface area contributed by atoms with Gasteiger partial charge in [-0.15, -0.1) is 0 Å². The van der Waals surface area contributed by atoms with Crippen LogP contribution in [-0.4, -0.2) is 36.7 Å². The molecule has 1 heterocycles. The minimum absolute atomic E-state index is 0.184. The molecule has 0 bridgehead atoms. The van der Waals surface area contributed by atoms with Crippen LogP contribution in [0.1, 0.15) is 27.6 Å². The number of hydrogen-bond donors (Lipinski definition) is 0. The van der Waals surface area contributed by atoms with E-state index in [0.29, 0.717) is 11.1 Å². The summed E-state index contributed by atoms with van der Waals surface area (Å²) < 4.78 is 15.9. The van der Waals surface area contributed by atoms with Gasteiger partial charge in [-0.25, -0.2) is 9.59 Å². The standard InChI is InChI=1S/C20H18O6/c1-13-17(26-20(23)15-10-6-3-7-11-15)16(25-18(13)21)12-24-19(22)14-8-4-2-5-9-14/h2-11,13,16-17H,12H2,1H3. The highest BCUT2D eigenvalue weighted by atomic mass is 16.6. The third kappa shape index (κ3) is 3.91. The molecule has 3 rings (SSSR count). The van der Waals surface area contributed by atoms with Gasteiger partial charge in [0.25, 0.3) is 0 Å². The maximum Gasteiger partial charge on any atom is 0.338 e. The maximum atomic E-state index is 12.3. The van der Waals surface area contributed by atoms with Crippen LogP contribution in [-0.2, 0) is 19.0 Å². The number of ether oxygens (including phenoxy) is 3. The highest BCUT2D eigenvalue weighted by Crippen LogP contribution is 2.26. The topological polar surface area (TPSA) is 78.9 Å². The van der Waals surface area contributed by atoms with E-state index in [1.807, 2.05) is 0 Å². The molecule has 0 N–H and O–H groups in total. The number of carbonyl (C=O) groups is 3. The van der Waals surface area contributed by atoms with Crippen LogP contribution < -0.4 is 0 Å². The Morgan fingerprint density at radius 2 is 1.46 bits per heavy atom. The molecule has 1 aliphatic rings. The molecule has 0 radical (unpaired) electrons. The summed E-state index contributed by atoms with van der Waals surface area (Å²) >= 11 is 0. The van der Waals surface area contributed by atoms with E-state index in [1.54, 1.807) is 67.6 Å². The Morgan fingerprint density at radius 1 is 0.923 bits per heavy atom. The summed E-state index contributed by atoms with van der Waals surface area (Å²) in [5, 5.41) is 0. The summed E-state index contributed by atoms with van der Waals surface area (Å²) in [5.74, 6) is -2.21. The summed E-state index contributed by atoms with van der Waals surface area (Å²) in [5.41, 5.74) is 0.766. The molecule has 6 heteroatoms. The fourth-order valence-corrected chi connectivity index (χ4v) is 2.67. The molecule has 0 spiro atoms. The Balaban J connectivity index is 1.64. The fraction of sp³-hybridized carbons (Fsp3) is 0.250. The molecule has 3 atom stereocenters. The van der Waals surface area contributed by atoms with Crippen molar-refractivity contribution >= 4 is 17.9 Å². The van der Waals surface area contributed by atoms with Gasteiger partial charge in [-0.3, -0.25) is 4.79 Å². The van der Waals surface area contributed by atoms with Gasteiger partial charge in [-0.1, -0.05) is 36.4 Å². The lowest BCUT2D eigenvalue weighted by molar-refractivity contribution is -0.145. The number of carbonyl (C=O) groups excluding carboxylic acids is 3. The van der Waals surface area contributed by atoms with Crippen molar-refractivity contribution in [3.05, 3.63) is 71.8 Å². The van der Waals surface area contributed by atoms with E-state index in [-0.39, 0.29) is 6.61 Å². The van der Waals surface area contributed by atoms with E-state index in [0.717, 1.165) is 0 Å². The third-order valence-corrected chi connectivity index (χ3v) is 4.14. The lowest BCUT2D eigenvalue weighted by Crippen LogP contribution is -2.35. The highest BCUT2D eigenvalue weighted by molar-refractivity contribution is 5.90. The van der Waals surface area contributed by atoms with Gasteiger partial charge >= 0.3 is 17.9 Å². The second-order valence-electron chi connectivity index (χ2n) is 5.96. The summed E-state index contributed by atoms with van der Waals surface area (Å²) in [4.78, 5) is 36.2. The zero-order chi connectivity index (χ0) is 18.5. The Morgan fingerprint density at radius 3 is 2.04 bits per heavy atom. The minimum atomic E-state index is -0.835. The van der Waals surface area contributed by atoms with E-state index < -0.39 is 36.0 Å². The van der Waals surface area contributed by atoms with Crippen molar-refractivity contribution in [2.75, 3.05) is 6.61 Å². The zero-order valence-corrected chi connectivity index (χ0v) is 14.2. The van der Waals surface area contributed by atoms with E-state index in [2.05, 4.69) is 0 Å². The summed E-state index contributed by atoms with van der Waals surface area (Å²) in [6.45, 7) is 1.43. The molecule has 1 saturated heterocycles. The zero-order valence-electron chi connectivity index (χ0n) is 14.2. The molecular formula is C20H18O6. The number of cyclic esters (lactones) is 1. The van der Waals surface area contributed by atoms with Crippen LogP contribution in [0.5, 0.6) is 0 Å². The molecule has 1 aliphatic heterocycles. The Bertz CT molecular complexity index is 786. The molecule has 134 valence electrons. The van der Waals surface area contributed by atoms with E-state index in [1.165, 1.54) is 0 Å². The monoisotopic (exact) mass is 354 g/mol. The third-order valence-electron chi connectivity index (χ3n) is 4.14. The molecule has 0 amide bonds. The molecule has 26 heavy (non-hydrogen) atoms. The van der Waals surface area contributed by atoms with Crippen molar-refractivity contribution in [1.82, 2.24) is 0 Å². The fourth-order valence-electron chi connectivity index (χ4n) is 2.67. The van der Waals surface area contributed by atoms with Gasteiger partial charge in [0.05, 0.1) is 17.0 Å². The van der Waals surface area contributed by atoms with Crippen molar-refractivity contribution in [2.24, 2.45) is 5.92 Å². The van der Waals surface area contributed by atoms with Crippen LogP contribution in [0.25, 0.3) is 0 Å². The SMILES string of the molecule is CC1C(=O)OC(COC(=O)c2ccccc2)C1OC(=O)c1ccccc1. The largest absolute Gasteiger partial charge is 0.458 e. The van der Waals surface area contributed by atoms with Crippen LogP contribution in [0.2, 0.25) is 0 Å². The average molecular weight is 354 g/mol. The number of benzene rings is 2. The first-order valence-corrected chi connectivity index (χ1v) is 8.25. The van der Waals surface area contributed by atoms with Crippen LogP contribution in [0.15, 0.2) is 60.7 Å². The highest BCUT2D eigenvalue weighted by Gasteiger charge is 2.45. The average Bonchev–Trinajstić information content (AvgIpc) is 2.95. The quantitative estimate of drug-likeness (QED) is 0.607. The Kier molecular flexibility index (Phi) is 5.31. The van der Waals surface area contributed by atoms with Gasteiger partial charge in [0.1, 0.15) is 6.61 Å². The Hall–Kier alpha value is -3.15. The Labute approximate surface area is 150 Å². The summed E-state index contributed by atoms with van der Waals surface area (Å²) in [6.07, 6.45) is -1.66. The first-order chi connectivity index (χ1) is 12.6. The molecular weight excluding hydrogens is 336 g/mol. The van der Waals surface area contributed by atoms with E-state index in [9.17, 15) is 14.4 Å². The van der Waals surface area contributed by atoms with E-state index in [4.69, 9.17) is 14.2 Å². The molecule has 6 nitrogen and oxygen atoms in total. The lowest BCUT2D eigenvalue weighted by Gasteiger charge is -2.20. The van der Waals surface area contributed by atoms with E-state index >= 15 is 0 Å². The molecule has 2 aromatic rings. The van der Waals surface area contributed by atoms with Crippen LogP contribution in [0, 0.1) is 5.92 Å². The number of esters is 3. The lowest BCUT2D eigenvalue weighted by atomic mass is 10.0. The molecule has 0 aromatic heterocycles. The second-order valence-corrected chi connectivity index (χ2v) is 5.96. The molecule has 1 fully saturated rings. The first-order valence-electron chi connectivity index (χ1n) is 8.25. The van der Waals surface area contributed by atoms with Crippen LogP contribution >= 0.6 is 0 Å². The van der Waals surface area contributed by atoms with Crippen molar-refractivity contribution in [1.29, 1.82) is 0 Å². The summed E-state index contributed by atoms with van der Waals surface area (Å²) in [6, 6.07) is 16.9.